The Balaban J connectivity index is 1.83. The van der Waals surface area contributed by atoms with E-state index in [4.69, 9.17) is 18.8 Å². The number of carboxylic acids is 1. The zero-order chi connectivity index (χ0) is 24.9. The molecule has 0 radical (unpaired) electrons. The first-order valence-corrected chi connectivity index (χ1v) is 10.9. The average molecular weight is 467 g/mol. The molecular formula is C25H30BNO7. The van der Waals surface area contributed by atoms with Gasteiger partial charge in [-0.3, -0.25) is 0 Å². The Morgan fingerprint density at radius 3 is 2.29 bits per heavy atom. The van der Waals surface area contributed by atoms with Gasteiger partial charge in [-0.2, -0.15) is 0 Å². The van der Waals surface area contributed by atoms with Crippen molar-refractivity contribution < 1.29 is 33.5 Å². The number of carbonyl (C=O) groups is 2. The van der Waals surface area contributed by atoms with Crippen LogP contribution in [0.5, 0.6) is 5.75 Å². The molecule has 1 saturated heterocycles. The molecular weight excluding hydrogens is 437 g/mol. The maximum absolute atomic E-state index is 12.3. The number of hydrogen-bond acceptors (Lipinski definition) is 6. The van der Waals surface area contributed by atoms with Crippen LogP contribution in [0.15, 0.2) is 54.0 Å². The van der Waals surface area contributed by atoms with Crippen molar-refractivity contribution in [2.24, 2.45) is 0 Å². The normalized spacial score (nSPS) is 16.7. The van der Waals surface area contributed by atoms with Gasteiger partial charge in [-0.1, -0.05) is 42.5 Å². The Morgan fingerprint density at radius 1 is 1.06 bits per heavy atom. The van der Waals surface area contributed by atoms with Gasteiger partial charge < -0.3 is 29.2 Å². The Labute approximate surface area is 200 Å². The molecule has 0 spiro atoms. The molecule has 2 aromatic carbocycles. The van der Waals surface area contributed by atoms with Gasteiger partial charge in [-0.25, -0.2) is 9.59 Å². The molecule has 0 aromatic heterocycles. The lowest BCUT2D eigenvalue weighted by molar-refractivity contribution is 0.00578. The van der Waals surface area contributed by atoms with Gasteiger partial charge in [-0.15, -0.1) is 0 Å². The summed E-state index contributed by atoms with van der Waals surface area (Å²) in [5.41, 5.74) is 0.671. The molecule has 8 nitrogen and oxygen atoms in total. The molecule has 1 fully saturated rings. The van der Waals surface area contributed by atoms with Crippen molar-refractivity contribution in [3.63, 3.8) is 0 Å². The Bertz CT molecular complexity index is 1050. The van der Waals surface area contributed by atoms with Crippen LogP contribution in [0.2, 0.25) is 0 Å². The van der Waals surface area contributed by atoms with E-state index in [-0.39, 0.29) is 18.7 Å². The van der Waals surface area contributed by atoms with Crippen molar-refractivity contribution in [2.75, 3.05) is 13.7 Å². The maximum atomic E-state index is 12.3. The van der Waals surface area contributed by atoms with Gasteiger partial charge in [0.2, 0.25) is 0 Å². The van der Waals surface area contributed by atoms with Crippen molar-refractivity contribution in [3.05, 3.63) is 70.7 Å². The molecule has 2 N–H and O–H groups in total. The third kappa shape index (κ3) is 5.98. The first kappa shape index (κ1) is 25.3. The minimum absolute atomic E-state index is 0.0372. The highest BCUT2D eigenvalue weighted by Gasteiger charge is 2.52. The van der Waals surface area contributed by atoms with E-state index in [1.807, 2.05) is 58.0 Å². The van der Waals surface area contributed by atoms with Gasteiger partial charge >= 0.3 is 19.2 Å². The molecule has 0 aliphatic carbocycles. The number of carbonyl (C=O) groups excluding carboxylic acids is 1. The summed E-state index contributed by atoms with van der Waals surface area (Å²) in [6.07, 6.45) is 1.04. The van der Waals surface area contributed by atoms with Gasteiger partial charge in [0.05, 0.1) is 23.9 Å². The van der Waals surface area contributed by atoms with E-state index < -0.39 is 30.4 Å². The molecule has 0 bridgehead atoms. The third-order valence-electron chi connectivity index (χ3n) is 6.04. The van der Waals surface area contributed by atoms with Crippen LogP contribution in [0.25, 0.3) is 6.08 Å². The molecule has 34 heavy (non-hydrogen) atoms. The van der Waals surface area contributed by atoms with Crippen LogP contribution in [-0.2, 0) is 20.7 Å². The SMILES string of the molecule is COc1ccc(C=C(CNC(=O)OCc2ccccc2)B2OC(C)(C)C(C)(C)O2)c(C(=O)O)c1. The topological polar surface area (TPSA) is 103 Å². The zero-order valence-electron chi connectivity index (χ0n) is 20.1. The number of hydrogen-bond donors (Lipinski definition) is 2. The first-order chi connectivity index (χ1) is 16.0. The second-order valence-electron chi connectivity index (χ2n) is 8.98. The number of amides is 1. The molecule has 1 aliphatic heterocycles. The highest BCUT2D eigenvalue weighted by atomic mass is 16.7. The fourth-order valence-corrected chi connectivity index (χ4v) is 3.32. The summed E-state index contributed by atoms with van der Waals surface area (Å²) < 4.78 is 22.8. The monoisotopic (exact) mass is 467 g/mol. The minimum Gasteiger partial charge on any atom is -0.497 e. The molecule has 2 aromatic rings. The molecule has 0 saturated carbocycles. The standard InChI is InChI=1S/C25H30BNO7/c1-24(2)25(3,4)34-26(33-24)19(13-18-11-12-20(31-5)14-21(18)22(28)29)15-27-23(30)32-16-17-9-7-6-8-10-17/h6-14H,15-16H2,1-5H3,(H,27,30)(H,28,29). The smallest absolute Gasteiger partial charge is 0.492 e. The van der Waals surface area contributed by atoms with Crippen LogP contribution in [0.1, 0.15) is 49.2 Å². The van der Waals surface area contributed by atoms with Gasteiger partial charge in [-0.05, 0) is 56.4 Å². The first-order valence-electron chi connectivity index (χ1n) is 10.9. The van der Waals surface area contributed by atoms with Crippen LogP contribution in [-0.4, -0.2) is 49.1 Å². The van der Waals surface area contributed by atoms with Crippen molar-refractivity contribution >= 4 is 25.3 Å². The summed E-state index contributed by atoms with van der Waals surface area (Å²) >= 11 is 0. The quantitative estimate of drug-likeness (QED) is 0.557. The fraction of sp³-hybridized carbons (Fsp3) is 0.360. The summed E-state index contributed by atoms with van der Waals surface area (Å²) in [5, 5.41) is 12.4. The van der Waals surface area contributed by atoms with Crippen LogP contribution < -0.4 is 10.1 Å². The van der Waals surface area contributed by atoms with E-state index in [2.05, 4.69) is 5.32 Å². The highest BCUT2D eigenvalue weighted by molar-refractivity contribution is 6.56. The highest BCUT2D eigenvalue weighted by Crippen LogP contribution is 2.39. The Kier molecular flexibility index (Phi) is 7.69. The van der Waals surface area contributed by atoms with Crippen LogP contribution in [0.4, 0.5) is 4.79 Å². The molecule has 180 valence electrons. The van der Waals surface area contributed by atoms with E-state index in [1.165, 1.54) is 13.2 Å². The molecule has 9 heteroatoms. The number of aromatic carboxylic acids is 1. The van der Waals surface area contributed by atoms with Crippen LogP contribution in [0, 0.1) is 0 Å². The average Bonchev–Trinajstić information content (AvgIpc) is 3.02. The summed E-state index contributed by atoms with van der Waals surface area (Å²) in [6.45, 7) is 7.84. The lowest BCUT2D eigenvalue weighted by atomic mass is 9.76. The van der Waals surface area contributed by atoms with E-state index in [0.29, 0.717) is 16.8 Å². The number of carboxylic acid groups (broad SMARTS) is 1. The van der Waals surface area contributed by atoms with E-state index in [9.17, 15) is 14.7 Å². The molecule has 3 rings (SSSR count). The van der Waals surface area contributed by atoms with Gasteiger partial charge in [0.15, 0.2) is 0 Å². The molecule has 1 aliphatic rings. The van der Waals surface area contributed by atoms with Gasteiger partial charge in [0, 0.05) is 6.54 Å². The second-order valence-corrected chi connectivity index (χ2v) is 8.98. The minimum atomic E-state index is -1.10. The van der Waals surface area contributed by atoms with E-state index >= 15 is 0 Å². The second kappa shape index (κ2) is 10.3. The maximum Gasteiger partial charge on any atom is 0.492 e. The summed E-state index contributed by atoms with van der Waals surface area (Å²) in [5.74, 6) is -0.678. The molecule has 0 atom stereocenters. The van der Waals surface area contributed by atoms with Crippen LogP contribution >= 0.6 is 0 Å². The van der Waals surface area contributed by atoms with Gasteiger partial charge in [0.25, 0.3) is 0 Å². The van der Waals surface area contributed by atoms with E-state index in [1.54, 1.807) is 18.2 Å². The molecule has 1 heterocycles. The number of benzene rings is 2. The third-order valence-corrected chi connectivity index (χ3v) is 6.04. The zero-order valence-corrected chi connectivity index (χ0v) is 20.1. The van der Waals surface area contributed by atoms with Crippen molar-refractivity contribution in [1.29, 1.82) is 0 Å². The van der Waals surface area contributed by atoms with Crippen LogP contribution in [0.3, 0.4) is 0 Å². The van der Waals surface area contributed by atoms with E-state index in [0.717, 1.165) is 5.56 Å². The lowest BCUT2D eigenvalue weighted by Gasteiger charge is -2.32. The Hall–Kier alpha value is -3.30. The predicted molar refractivity (Wildman–Crippen MR) is 129 cm³/mol. The summed E-state index contributed by atoms with van der Waals surface area (Å²) in [7, 11) is 0.681. The predicted octanol–water partition coefficient (Wildman–Crippen LogP) is 4.33. The number of ether oxygens (including phenoxy) is 2. The number of rotatable bonds is 8. The largest absolute Gasteiger partial charge is 0.497 e. The summed E-state index contributed by atoms with van der Waals surface area (Å²) in [6, 6.07) is 14.1. The fourth-order valence-electron chi connectivity index (χ4n) is 3.32. The van der Waals surface area contributed by atoms with Crippen molar-refractivity contribution in [1.82, 2.24) is 5.32 Å². The molecule has 1 amide bonds. The van der Waals surface area contributed by atoms with Crippen molar-refractivity contribution in [2.45, 2.75) is 45.5 Å². The summed E-state index contributed by atoms with van der Waals surface area (Å²) in [4.78, 5) is 24.2. The number of methoxy groups -OCH3 is 1. The molecule has 0 unspecified atom stereocenters. The Morgan fingerprint density at radius 2 is 1.71 bits per heavy atom. The number of alkyl carbamates (subject to hydrolysis) is 1. The lowest BCUT2D eigenvalue weighted by Crippen LogP contribution is -2.41. The number of nitrogens with one attached hydrogen (secondary N) is 1. The van der Waals surface area contributed by atoms with Gasteiger partial charge in [0.1, 0.15) is 12.4 Å². The van der Waals surface area contributed by atoms with Crippen molar-refractivity contribution in [3.8, 4) is 5.75 Å².